The normalized spacial score (nSPS) is 12.7. The van der Waals surface area contributed by atoms with Crippen LogP contribution in [0.2, 0.25) is 0 Å². The zero-order valence-electron chi connectivity index (χ0n) is 52.8. The molecule has 0 rings (SSSR count). The lowest BCUT2D eigenvalue weighted by Gasteiger charge is -2.26. The minimum absolute atomic E-state index is 0.152. The van der Waals surface area contributed by atoms with Gasteiger partial charge in [0.1, 0.15) is 13.2 Å². The minimum Gasteiger partial charge on any atom is -0.545 e. The largest absolute Gasteiger partial charge is 0.545 e. The van der Waals surface area contributed by atoms with Crippen LogP contribution in [0.25, 0.3) is 0 Å². The highest BCUT2D eigenvalue weighted by molar-refractivity contribution is 5.70. The highest BCUT2D eigenvalue weighted by atomic mass is 16.7. The molecule has 0 fully saturated rings. The van der Waals surface area contributed by atoms with E-state index in [2.05, 4.69) is 26.0 Å². The van der Waals surface area contributed by atoms with Crippen molar-refractivity contribution in [2.75, 3.05) is 47.5 Å². The first-order valence-electron chi connectivity index (χ1n) is 34.3. The maximum absolute atomic E-state index is 12.9. The van der Waals surface area contributed by atoms with E-state index in [4.69, 9.17) is 18.9 Å². The monoisotopic (exact) mass is 1100 g/mol. The molecule has 0 amide bonds. The maximum atomic E-state index is 12.9. The van der Waals surface area contributed by atoms with Crippen molar-refractivity contribution in [2.45, 2.75) is 367 Å². The van der Waals surface area contributed by atoms with Gasteiger partial charge in [0.05, 0.1) is 40.3 Å². The van der Waals surface area contributed by atoms with Gasteiger partial charge in [-0.2, -0.15) is 0 Å². The van der Waals surface area contributed by atoms with Gasteiger partial charge in [0.25, 0.3) is 0 Å². The van der Waals surface area contributed by atoms with E-state index in [1.54, 1.807) is 0 Å². The molecule has 0 saturated carbocycles. The van der Waals surface area contributed by atoms with E-state index < -0.39 is 24.3 Å². The number of carbonyl (C=O) groups is 3. The fraction of sp³-hybridized carbons (Fsp3) is 0.928. The molecule has 2 atom stereocenters. The van der Waals surface area contributed by atoms with Crippen molar-refractivity contribution >= 4 is 17.9 Å². The second-order valence-electron chi connectivity index (χ2n) is 24.8. The summed E-state index contributed by atoms with van der Waals surface area (Å²) in [7, 11) is 5.94. The smallest absolute Gasteiger partial charge is 0.306 e. The summed E-state index contributed by atoms with van der Waals surface area (Å²) < 4.78 is 22.8. The fourth-order valence-electron chi connectivity index (χ4n) is 10.5. The summed E-state index contributed by atoms with van der Waals surface area (Å²) in [5.74, 6) is -2.25. The van der Waals surface area contributed by atoms with E-state index in [-0.39, 0.29) is 32.2 Å². The molecule has 0 bridgehead atoms. The van der Waals surface area contributed by atoms with Crippen molar-refractivity contribution in [3.63, 3.8) is 0 Å². The summed E-state index contributed by atoms with van der Waals surface area (Å²) >= 11 is 0. The lowest BCUT2D eigenvalue weighted by molar-refractivity contribution is -0.870. The van der Waals surface area contributed by atoms with Crippen molar-refractivity contribution < 1.29 is 42.9 Å². The predicted molar refractivity (Wildman–Crippen MR) is 330 cm³/mol. The first kappa shape index (κ1) is 76.0. The van der Waals surface area contributed by atoms with Gasteiger partial charge in [-0.05, 0) is 38.5 Å². The van der Waals surface area contributed by atoms with E-state index >= 15 is 0 Å². The molecule has 462 valence electrons. The van der Waals surface area contributed by atoms with E-state index in [0.717, 1.165) is 38.5 Å². The molecule has 0 aliphatic heterocycles. The van der Waals surface area contributed by atoms with Gasteiger partial charge in [0, 0.05) is 12.8 Å². The number of likely N-dealkylation sites (N-methyl/N-ethyl adjacent to an activating group) is 1. The van der Waals surface area contributed by atoms with Crippen molar-refractivity contribution in [1.82, 2.24) is 0 Å². The third-order valence-corrected chi connectivity index (χ3v) is 15.8. The summed E-state index contributed by atoms with van der Waals surface area (Å²) in [6, 6.07) is 0. The number of allylic oxidation sites excluding steroid dienone is 2. The number of carbonyl (C=O) groups excluding carboxylic acids is 3. The number of hydrogen-bond acceptors (Lipinski definition) is 8. The Morgan fingerprint density at radius 1 is 0.372 bits per heavy atom. The molecule has 2 unspecified atom stereocenters. The Bertz CT molecular complexity index is 1280. The van der Waals surface area contributed by atoms with Crippen LogP contribution in [-0.2, 0) is 33.3 Å². The Labute approximate surface area is 485 Å². The van der Waals surface area contributed by atoms with Crippen LogP contribution in [0.4, 0.5) is 0 Å². The standard InChI is InChI=1S/C69H133NO8/c1-6-8-10-12-14-16-18-20-22-24-26-28-30-32-33-34-36-37-39-41-43-45-47-49-51-53-55-57-59-66(71)76-63-65(64-77-69(68(73)74)75-62-61-70(3,4)5)78-67(72)60-58-56-54-52-50-48-46-44-42-40-38-35-31-29-27-25-23-21-19-17-15-13-11-9-7-2/h25,27,65,69H,6-24,26,28-64H2,1-5H3/b27-25-. The van der Waals surface area contributed by atoms with E-state index in [1.165, 1.54) is 289 Å². The zero-order valence-corrected chi connectivity index (χ0v) is 52.8. The molecule has 0 spiro atoms. The summed E-state index contributed by atoms with van der Waals surface area (Å²) in [4.78, 5) is 37.4. The Morgan fingerprint density at radius 3 is 0.949 bits per heavy atom. The first-order chi connectivity index (χ1) is 38.1. The van der Waals surface area contributed by atoms with Gasteiger partial charge in [0.2, 0.25) is 0 Å². The highest BCUT2D eigenvalue weighted by Gasteiger charge is 2.22. The third-order valence-electron chi connectivity index (χ3n) is 15.8. The van der Waals surface area contributed by atoms with Crippen LogP contribution < -0.4 is 5.11 Å². The number of hydrogen-bond donors (Lipinski definition) is 0. The van der Waals surface area contributed by atoms with Gasteiger partial charge >= 0.3 is 11.9 Å². The third kappa shape index (κ3) is 61.6. The van der Waals surface area contributed by atoms with Gasteiger partial charge in [-0.15, -0.1) is 0 Å². The van der Waals surface area contributed by atoms with Crippen molar-refractivity contribution in [1.29, 1.82) is 0 Å². The Kier molecular flexibility index (Phi) is 59.6. The number of rotatable bonds is 65. The Balaban J connectivity index is 4.07. The van der Waals surface area contributed by atoms with Crippen LogP contribution in [0.3, 0.4) is 0 Å². The van der Waals surface area contributed by atoms with Crippen molar-refractivity contribution in [3.8, 4) is 0 Å². The number of carboxylic acid groups (broad SMARTS) is 1. The molecule has 78 heavy (non-hydrogen) atoms. The lowest BCUT2D eigenvalue weighted by atomic mass is 10.0. The number of quaternary nitrogens is 1. The van der Waals surface area contributed by atoms with Crippen LogP contribution in [0.1, 0.15) is 354 Å². The van der Waals surface area contributed by atoms with Crippen LogP contribution in [0.15, 0.2) is 12.2 Å². The van der Waals surface area contributed by atoms with Gasteiger partial charge in [-0.3, -0.25) is 9.59 Å². The summed E-state index contributed by atoms with van der Waals surface area (Å²) in [5.41, 5.74) is 0. The second-order valence-corrected chi connectivity index (χ2v) is 24.8. The minimum atomic E-state index is -1.62. The van der Waals surface area contributed by atoms with Gasteiger partial charge in [-0.1, -0.05) is 315 Å². The maximum Gasteiger partial charge on any atom is 0.306 e. The van der Waals surface area contributed by atoms with E-state index in [9.17, 15) is 19.5 Å². The molecular formula is C69H133NO8. The number of nitrogens with zero attached hydrogens (tertiary/aromatic N) is 1. The first-order valence-corrected chi connectivity index (χ1v) is 34.3. The van der Waals surface area contributed by atoms with Crippen LogP contribution >= 0.6 is 0 Å². The molecule has 0 aliphatic carbocycles. The second kappa shape index (κ2) is 61.1. The number of aliphatic carboxylic acids is 1. The number of ether oxygens (including phenoxy) is 4. The predicted octanol–water partition coefficient (Wildman–Crippen LogP) is 19.5. The summed E-state index contributed by atoms with van der Waals surface area (Å²) in [6.45, 7) is 4.83. The Hall–Kier alpha value is -1.97. The van der Waals surface area contributed by atoms with Gasteiger partial charge in [0.15, 0.2) is 12.4 Å². The molecular weight excluding hydrogens is 971 g/mol. The average Bonchev–Trinajstić information content (AvgIpc) is 3.41. The number of unbranched alkanes of at least 4 members (excludes halogenated alkanes) is 48. The molecule has 0 aromatic carbocycles. The zero-order chi connectivity index (χ0) is 56.9. The molecule has 0 radical (unpaired) electrons. The molecule has 0 saturated heterocycles. The quantitative estimate of drug-likeness (QED) is 0.0195. The molecule has 0 aromatic heterocycles. The molecule has 0 aromatic rings. The summed E-state index contributed by atoms with van der Waals surface area (Å²) in [5, 5.41) is 11.8. The molecule has 9 nitrogen and oxygen atoms in total. The molecule has 0 aliphatic rings. The average molecular weight is 1100 g/mol. The molecule has 9 heteroatoms. The van der Waals surface area contributed by atoms with Crippen LogP contribution in [-0.4, -0.2) is 82.3 Å². The topological polar surface area (TPSA) is 111 Å². The highest BCUT2D eigenvalue weighted by Crippen LogP contribution is 2.19. The van der Waals surface area contributed by atoms with Gasteiger partial charge in [-0.25, -0.2) is 0 Å². The van der Waals surface area contributed by atoms with Gasteiger partial charge < -0.3 is 33.3 Å². The van der Waals surface area contributed by atoms with E-state index in [1.807, 2.05) is 21.1 Å². The Morgan fingerprint density at radius 2 is 0.654 bits per heavy atom. The SMILES string of the molecule is CCCCCCCCCC/C=C\CCCCCCCCCCCCCCCC(=O)OC(COC(=O)CCCCCCCCCCCCCCCCCCCCCCCCCCCCCC)COC(OCC[N+](C)(C)C)C(=O)[O-]. The summed E-state index contributed by atoms with van der Waals surface area (Å²) in [6.07, 6.45) is 70.1. The fourth-order valence-corrected chi connectivity index (χ4v) is 10.5. The lowest BCUT2D eigenvalue weighted by Crippen LogP contribution is -2.44. The molecule has 0 heterocycles. The van der Waals surface area contributed by atoms with Crippen molar-refractivity contribution in [3.05, 3.63) is 12.2 Å². The number of carboxylic acids is 1. The van der Waals surface area contributed by atoms with Crippen LogP contribution in [0.5, 0.6) is 0 Å². The number of esters is 2. The molecule has 0 N–H and O–H groups in total. The van der Waals surface area contributed by atoms with Crippen LogP contribution in [0, 0.1) is 0 Å². The van der Waals surface area contributed by atoms with Crippen molar-refractivity contribution in [2.24, 2.45) is 0 Å². The van der Waals surface area contributed by atoms with E-state index in [0.29, 0.717) is 17.4 Å².